The Balaban J connectivity index is 1.26. The minimum atomic E-state index is -0.114. The molecule has 0 aromatic heterocycles. The number of amides is 2. The molecule has 30 heavy (non-hydrogen) atoms. The monoisotopic (exact) mass is 407 g/mol. The molecule has 158 valence electrons. The summed E-state index contributed by atoms with van der Waals surface area (Å²) in [5.74, 6) is 0.579. The fourth-order valence-corrected chi connectivity index (χ4v) is 4.24. The van der Waals surface area contributed by atoms with Crippen LogP contribution in [0.1, 0.15) is 36.5 Å². The summed E-state index contributed by atoms with van der Waals surface area (Å²) >= 11 is 0. The second-order valence-corrected chi connectivity index (χ2v) is 8.01. The molecular weight excluding hydrogens is 378 g/mol. The predicted molar refractivity (Wildman–Crippen MR) is 117 cm³/mol. The second-order valence-electron chi connectivity index (χ2n) is 8.01. The Morgan fingerprint density at radius 2 is 1.97 bits per heavy atom. The van der Waals surface area contributed by atoms with Crippen molar-refractivity contribution in [1.82, 2.24) is 10.2 Å². The summed E-state index contributed by atoms with van der Waals surface area (Å²) < 4.78 is 5.68. The van der Waals surface area contributed by atoms with Crippen molar-refractivity contribution in [2.45, 2.75) is 45.2 Å². The van der Waals surface area contributed by atoms with Gasteiger partial charge in [-0.1, -0.05) is 31.2 Å². The van der Waals surface area contributed by atoms with Crippen molar-refractivity contribution in [3.63, 3.8) is 0 Å². The Hall–Kier alpha value is -2.86. The summed E-state index contributed by atoms with van der Waals surface area (Å²) in [5.41, 5.74) is 4.70. The number of hydrogen-bond acceptors (Lipinski definition) is 4. The maximum absolute atomic E-state index is 12.3. The van der Waals surface area contributed by atoms with Crippen LogP contribution in [0.4, 0.5) is 5.69 Å². The van der Waals surface area contributed by atoms with E-state index in [1.54, 1.807) is 6.07 Å². The van der Waals surface area contributed by atoms with Gasteiger partial charge < -0.3 is 15.4 Å². The van der Waals surface area contributed by atoms with E-state index in [1.165, 1.54) is 11.1 Å². The minimum absolute atomic E-state index is 0.00951. The number of carbonyl (C=O) groups is 2. The van der Waals surface area contributed by atoms with Crippen LogP contribution in [0.3, 0.4) is 0 Å². The van der Waals surface area contributed by atoms with Crippen LogP contribution in [0.15, 0.2) is 42.5 Å². The number of fused-ring (bicyclic) bond motifs is 2. The summed E-state index contributed by atoms with van der Waals surface area (Å²) in [7, 11) is 0. The molecule has 0 aliphatic carbocycles. The van der Waals surface area contributed by atoms with Crippen molar-refractivity contribution >= 4 is 17.5 Å². The standard InChI is InChI=1S/C24H29N3O3/c1-2-20(27-12-11-17-5-3-4-6-19(17)15-27)14-25-24(29)16-30-21-8-9-22-18(13-21)7-10-23(28)26-22/h3-6,8-9,13,20H,2,7,10-12,14-16H2,1H3,(H,25,29)(H,26,28). The van der Waals surface area contributed by atoms with Gasteiger partial charge in [0, 0.05) is 37.8 Å². The Morgan fingerprint density at radius 3 is 2.80 bits per heavy atom. The maximum atomic E-state index is 12.3. The molecule has 1 atom stereocenters. The highest BCUT2D eigenvalue weighted by Gasteiger charge is 2.22. The molecule has 2 heterocycles. The fraction of sp³-hybridized carbons (Fsp3) is 0.417. The molecule has 2 amide bonds. The smallest absolute Gasteiger partial charge is 0.257 e. The number of ether oxygens (including phenoxy) is 1. The van der Waals surface area contributed by atoms with Crippen molar-refractivity contribution in [3.05, 3.63) is 59.2 Å². The Labute approximate surface area is 177 Å². The zero-order valence-corrected chi connectivity index (χ0v) is 17.4. The van der Waals surface area contributed by atoms with Gasteiger partial charge in [0.15, 0.2) is 6.61 Å². The molecule has 0 saturated carbocycles. The Kier molecular flexibility index (Phi) is 6.33. The lowest BCUT2D eigenvalue weighted by atomic mass is 9.98. The van der Waals surface area contributed by atoms with Gasteiger partial charge in [-0.05, 0) is 54.2 Å². The van der Waals surface area contributed by atoms with Crippen LogP contribution in [0.25, 0.3) is 0 Å². The van der Waals surface area contributed by atoms with E-state index < -0.39 is 0 Å². The number of benzene rings is 2. The van der Waals surface area contributed by atoms with E-state index in [4.69, 9.17) is 4.74 Å². The number of aryl methyl sites for hydroxylation is 1. The van der Waals surface area contributed by atoms with Gasteiger partial charge in [0.2, 0.25) is 5.91 Å². The summed E-state index contributed by atoms with van der Waals surface area (Å²) in [6.45, 7) is 4.74. The number of hydrogen-bond donors (Lipinski definition) is 2. The molecule has 4 rings (SSSR count). The van der Waals surface area contributed by atoms with E-state index in [9.17, 15) is 9.59 Å². The van der Waals surface area contributed by atoms with Crippen LogP contribution in [0.5, 0.6) is 5.75 Å². The lowest BCUT2D eigenvalue weighted by Gasteiger charge is -2.35. The van der Waals surface area contributed by atoms with Crippen molar-refractivity contribution in [2.75, 3.05) is 25.0 Å². The molecule has 2 aromatic rings. The first kappa shape index (κ1) is 20.4. The van der Waals surface area contributed by atoms with E-state index >= 15 is 0 Å². The number of anilines is 1. The fourth-order valence-electron chi connectivity index (χ4n) is 4.24. The third-order valence-electron chi connectivity index (χ3n) is 6.02. The topological polar surface area (TPSA) is 70.7 Å². The van der Waals surface area contributed by atoms with Crippen molar-refractivity contribution < 1.29 is 14.3 Å². The SMILES string of the molecule is CCC(CNC(=O)COc1ccc2c(c1)CCC(=O)N2)N1CCc2ccccc2C1. The van der Waals surface area contributed by atoms with E-state index in [-0.39, 0.29) is 18.4 Å². The molecule has 0 fully saturated rings. The molecule has 6 heteroatoms. The van der Waals surface area contributed by atoms with Crippen LogP contribution >= 0.6 is 0 Å². The normalized spacial score (nSPS) is 16.8. The van der Waals surface area contributed by atoms with E-state index in [1.807, 2.05) is 12.1 Å². The maximum Gasteiger partial charge on any atom is 0.257 e. The molecule has 2 aliphatic rings. The lowest BCUT2D eigenvalue weighted by Crippen LogP contribution is -2.46. The van der Waals surface area contributed by atoms with Crippen molar-refractivity contribution in [1.29, 1.82) is 0 Å². The van der Waals surface area contributed by atoms with Gasteiger partial charge in [-0.2, -0.15) is 0 Å². The largest absolute Gasteiger partial charge is 0.484 e. The summed E-state index contributed by atoms with van der Waals surface area (Å²) in [6.07, 6.45) is 3.22. The van der Waals surface area contributed by atoms with Crippen LogP contribution in [0.2, 0.25) is 0 Å². The zero-order valence-electron chi connectivity index (χ0n) is 17.4. The molecule has 6 nitrogen and oxygen atoms in total. The summed E-state index contributed by atoms with van der Waals surface area (Å²) in [4.78, 5) is 26.3. The molecule has 2 aliphatic heterocycles. The van der Waals surface area contributed by atoms with Gasteiger partial charge in [-0.25, -0.2) is 0 Å². The molecule has 0 spiro atoms. The second kappa shape index (κ2) is 9.30. The third-order valence-corrected chi connectivity index (χ3v) is 6.02. The van der Waals surface area contributed by atoms with Crippen LogP contribution < -0.4 is 15.4 Å². The summed E-state index contributed by atoms with van der Waals surface area (Å²) in [6, 6.07) is 14.4. The highest BCUT2D eigenvalue weighted by molar-refractivity contribution is 5.94. The van der Waals surface area contributed by atoms with Crippen molar-refractivity contribution in [3.8, 4) is 5.75 Å². The van der Waals surface area contributed by atoms with Gasteiger partial charge in [-0.3, -0.25) is 14.5 Å². The summed E-state index contributed by atoms with van der Waals surface area (Å²) in [5, 5.41) is 5.88. The average Bonchev–Trinajstić information content (AvgIpc) is 2.78. The number of carbonyl (C=O) groups excluding carboxylic acids is 2. The van der Waals surface area contributed by atoms with Crippen LogP contribution in [-0.2, 0) is 29.0 Å². The Bertz CT molecular complexity index is 928. The number of nitrogens with zero attached hydrogens (tertiary/aromatic N) is 1. The molecule has 2 N–H and O–H groups in total. The van der Waals surface area contributed by atoms with E-state index in [2.05, 4.69) is 46.7 Å². The number of rotatable bonds is 7. The van der Waals surface area contributed by atoms with E-state index in [0.717, 1.165) is 37.2 Å². The third kappa shape index (κ3) is 4.82. The molecule has 0 bridgehead atoms. The van der Waals surface area contributed by atoms with Gasteiger partial charge in [0.05, 0.1) is 0 Å². The minimum Gasteiger partial charge on any atom is -0.484 e. The molecule has 1 unspecified atom stereocenters. The quantitative estimate of drug-likeness (QED) is 0.740. The van der Waals surface area contributed by atoms with E-state index in [0.29, 0.717) is 31.2 Å². The first-order chi connectivity index (χ1) is 14.6. The predicted octanol–water partition coefficient (Wildman–Crippen LogP) is 2.90. The first-order valence-corrected chi connectivity index (χ1v) is 10.8. The van der Waals surface area contributed by atoms with Crippen LogP contribution in [-0.4, -0.2) is 42.5 Å². The van der Waals surface area contributed by atoms with Crippen molar-refractivity contribution in [2.24, 2.45) is 0 Å². The number of nitrogens with one attached hydrogen (secondary N) is 2. The Morgan fingerprint density at radius 1 is 1.13 bits per heavy atom. The molecule has 2 aromatic carbocycles. The zero-order chi connectivity index (χ0) is 20.9. The van der Waals surface area contributed by atoms with Gasteiger partial charge >= 0.3 is 0 Å². The highest BCUT2D eigenvalue weighted by Crippen LogP contribution is 2.26. The lowest BCUT2D eigenvalue weighted by molar-refractivity contribution is -0.123. The van der Waals surface area contributed by atoms with Gasteiger partial charge in [0.25, 0.3) is 5.91 Å². The first-order valence-electron chi connectivity index (χ1n) is 10.8. The van der Waals surface area contributed by atoms with Gasteiger partial charge in [0.1, 0.15) is 5.75 Å². The molecular formula is C24H29N3O3. The average molecular weight is 408 g/mol. The highest BCUT2D eigenvalue weighted by atomic mass is 16.5. The van der Waals surface area contributed by atoms with Gasteiger partial charge in [-0.15, -0.1) is 0 Å². The molecule has 0 radical (unpaired) electrons. The van der Waals surface area contributed by atoms with Crippen LogP contribution in [0, 0.1) is 0 Å². The molecule has 0 saturated heterocycles.